The Morgan fingerprint density at radius 1 is 1.15 bits per heavy atom. The van der Waals surface area contributed by atoms with Gasteiger partial charge in [0.25, 0.3) is 0 Å². The van der Waals surface area contributed by atoms with Crippen molar-refractivity contribution in [2.45, 2.75) is 13.0 Å². The van der Waals surface area contributed by atoms with Gasteiger partial charge in [0.1, 0.15) is 5.82 Å². The molecular weight excluding hydrogens is 251 g/mol. The number of aryl methyl sites for hydroxylation is 1. The fourth-order valence-corrected chi connectivity index (χ4v) is 2.53. The Kier molecular flexibility index (Phi) is 3.20. The van der Waals surface area contributed by atoms with Crippen LogP contribution in [0.25, 0.3) is 10.8 Å². The minimum atomic E-state index is -0.364. The van der Waals surface area contributed by atoms with Gasteiger partial charge in [-0.25, -0.2) is 4.39 Å². The number of nitrogens with two attached hydrogens (primary N) is 1. The molecule has 0 aliphatic rings. The molecule has 0 aliphatic carbocycles. The summed E-state index contributed by atoms with van der Waals surface area (Å²) in [6.07, 6.45) is 3.56. The summed E-state index contributed by atoms with van der Waals surface area (Å²) in [7, 11) is 0. The molecule has 0 radical (unpaired) electrons. The normalized spacial score (nSPS) is 12.6. The summed E-state index contributed by atoms with van der Waals surface area (Å²) in [5.74, 6) is -0.256. The molecule has 0 saturated heterocycles. The SMILES string of the molecule is Cc1cc(F)cc(C(N)c2cccc3ccncc23)c1. The Morgan fingerprint density at radius 3 is 2.80 bits per heavy atom. The first kappa shape index (κ1) is 12.8. The third-order valence-electron chi connectivity index (χ3n) is 3.48. The van der Waals surface area contributed by atoms with Crippen molar-refractivity contribution in [2.75, 3.05) is 0 Å². The lowest BCUT2D eigenvalue weighted by atomic mass is 9.94. The Hall–Kier alpha value is -2.26. The number of benzene rings is 2. The molecule has 1 aromatic heterocycles. The number of nitrogens with zero attached hydrogens (tertiary/aromatic N) is 1. The van der Waals surface area contributed by atoms with E-state index in [0.29, 0.717) is 0 Å². The summed E-state index contributed by atoms with van der Waals surface area (Å²) in [6.45, 7) is 1.87. The highest BCUT2D eigenvalue weighted by atomic mass is 19.1. The van der Waals surface area contributed by atoms with Crippen LogP contribution in [0.1, 0.15) is 22.7 Å². The first-order chi connectivity index (χ1) is 9.65. The second-order valence-electron chi connectivity index (χ2n) is 4.98. The van der Waals surface area contributed by atoms with E-state index < -0.39 is 0 Å². The van der Waals surface area contributed by atoms with Crippen molar-refractivity contribution in [3.63, 3.8) is 0 Å². The molecule has 20 heavy (non-hydrogen) atoms. The predicted molar refractivity (Wildman–Crippen MR) is 78.9 cm³/mol. The molecule has 0 bridgehead atoms. The van der Waals surface area contributed by atoms with Gasteiger partial charge in [-0.2, -0.15) is 0 Å². The lowest BCUT2D eigenvalue weighted by Crippen LogP contribution is -2.13. The van der Waals surface area contributed by atoms with E-state index in [1.807, 2.05) is 37.3 Å². The highest BCUT2D eigenvalue weighted by Gasteiger charge is 2.13. The molecule has 0 spiro atoms. The van der Waals surface area contributed by atoms with E-state index in [0.717, 1.165) is 27.5 Å². The molecule has 2 aromatic carbocycles. The van der Waals surface area contributed by atoms with Crippen LogP contribution in [0.2, 0.25) is 0 Å². The maximum atomic E-state index is 13.6. The number of halogens is 1. The summed E-state index contributed by atoms with van der Waals surface area (Å²) in [6, 6.07) is 12.4. The molecule has 0 aliphatic heterocycles. The smallest absolute Gasteiger partial charge is 0.123 e. The maximum Gasteiger partial charge on any atom is 0.123 e. The highest BCUT2D eigenvalue weighted by molar-refractivity contribution is 5.85. The zero-order valence-corrected chi connectivity index (χ0v) is 11.2. The molecule has 1 heterocycles. The zero-order chi connectivity index (χ0) is 14.1. The van der Waals surface area contributed by atoms with Crippen LogP contribution < -0.4 is 5.73 Å². The van der Waals surface area contributed by atoms with Crippen LogP contribution in [0.15, 0.2) is 54.9 Å². The fourth-order valence-electron chi connectivity index (χ4n) is 2.53. The first-order valence-corrected chi connectivity index (χ1v) is 6.50. The van der Waals surface area contributed by atoms with Crippen molar-refractivity contribution in [1.29, 1.82) is 0 Å². The summed E-state index contributed by atoms with van der Waals surface area (Å²) >= 11 is 0. The summed E-state index contributed by atoms with van der Waals surface area (Å²) < 4.78 is 13.6. The lowest BCUT2D eigenvalue weighted by molar-refractivity contribution is 0.622. The molecular formula is C17H15FN2. The number of rotatable bonds is 2. The van der Waals surface area contributed by atoms with Crippen molar-refractivity contribution in [1.82, 2.24) is 4.98 Å². The molecule has 3 aromatic rings. The van der Waals surface area contributed by atoms with Gasteiger partial charge in [-0.3, -0.25) is 4.98 Å². The Balaban J connectivity index is 2.15. The third kappa shape index (κ3) is 2.28. The number of pyridine rings is 1. The van der Waals surface area contributed by atoms with Gasteiger partial charge in [0, 0.05) is 17.8 Å². The van der Waals surface area contributed by atoms with Gasteiger partial charge in [0.05, 0.1) is 6.04 Å². The standard InChI is InChI=1S/C17H15FN2/c1-11-7-13(9-14(18)8-11)17(19)15-4-2-3-12-5-6-20-10-16(12)15/h2-10,17H,19H2,1H3. The Labute approximate surface area is 117 Å². The Morgan fingerprint density at radius 2 is 2.00 bits per heavy atom. The quantitative estimate of drug-likeness (QED) is 0.767. The van der Waals surface area contributed by atoms with E-state index >= 15 is 0 Å². The van der Waals surface area contributed by atoms with Gasteiger partial charge in [-0.1, -0.05) is 24.3 Å². The molecule has 0 fully saturated rings. The van der Waals surface area contributed by atoms with Crippen molar-refractivity contribution >= 4 is 10.8 Å². The number of aromatic nitrogens is 1. The van der Waals surface area contributed by atoms with E-state index in [4.69, 9.17) is 5.73 Å². The average molecular weight is 266 g/mol. The average Bonchev–Trinajstić information content (AvgIpc) is 2.45. The molecule has 0 amide bonds. The third-order valence-corrected chi connectivity index (χ3v) is 3.48. The van der Waals surface area contributed by atoms with Crippen molar-refractivity contribution in [3.8, 4) is 0 Å². The van der Waals surface area contributed by atoms with Gasteiger partial charge >= 0.3 is 0 Å². The summed E-state index contributed by atoms with van der Waals surface area (Å²) in [5.41, 5.74) is 8.93. The van der Waals surface area contributed by atoms with Gasteiger partial charge in [0.15, 0.2) is 0 Å². The molecule has 3 heteroatoms. The van der Waals surface area contributed by atoms with Crippen LogP contribution in [0.5, 0.6) is 0 Å². The van der Waals surface area contributed by atoms with Crippen molar-refractivity contribution in [3.05, 3.63) is 77.4 Å². The molecule has 0 saturated carbocycles. The number of fused-ring (bicyclic) bond motifs is 1. The second kappa shape index (κ2) is 5.02. The molecule has 2 nitrogen and oxygen atoms in total. The van der Waals surface area contributed by atoms with Crippen molar-refractivity contribution in [2.24, 2.45) is 5.73 Å². The lowest BCUT2D eigenvalue weighted by Gasteiger charge is -2.15. The highest BCUT2D eigenvalue weighted by Crippen LogP contribution is 2.27. The minimum absolute atomic E-state index is 0.256. The van der Waals surface area contributed by atoms with E-state index in [9.17, 15) is 4.39 Å². The largest absolute Gasteiger partial charge is 0.320 e. The van der Waals surface area contributed by atoms with Crippen LogP contribution in [-0.2, 0) is 0 Å². The second-order valence-corrected chi connectivity index (χ2v) is 4.98. The van der Waals surface area contributed by atoms with Crippen LogP contribution in [0, 0.1) is 12.7 Å². The van der Waals surface area contributed by atoms with Gasteiger partial charge in [-0.15, -0.1) is 0 Å². The van der Waals surface area contributed by atoms with E-state index in [1.54, 1.807) is 12.4 Å². The number of hydrogen-bond donors (Lipinski definition) is 1. The van der Waals surface area contributed by atoms with Crippen LogP contribution in [0.3, 0.4) is 0 Å². The van der Waals surface area contributed by atoms with Gasteiger partial charge < -0.3 is 5.73 Å². The van der Waals surface area contributed by atoms with Crippen LogP contribution >= 0.6 is 0 Å². The minimum Gasteiger partial charge on any atom is -0.320 e. The van der Waals surface area contributed by atoms with Gasteiger partial charge in [-0.05, 0) is 47.2 Å². The number of hydrogen-bond acceptors (Lipinski definition) is 2. The zero-order valence-electron chi connectivity index (χ0n) is 11.2. The Bertz CT molecular complexity index is 742. The summed E-state index contributed by atoms with van der Waals surface area (Å²) in [4.78, 5) is 4.16. The molecule has 1 atom stereocenters. The van der Waals surface area contributed by atoms with Crippen molar-refractivity contribution < 1.29 is 4.39 Å². The molecule has 3 rings (SSSR count). The molecule has 1 unspecified atom stereocenters. The van der Waals surface area contributed by atoms with E-state index in [1.165, 1.54) is 12.1 Å². The monoisotopic (exact) mass is 266 g/mol. The van der Waals surface area contributed by atoms with E-state index in [-0.39, 0.29) is 11.9 Å². The van der Waals surface area contributed by atoms with Gasteiger partial charge in [0.2, 0.25) is 0 Å². The van der Waals surface area contributed by atoms with E-state index in [2.05, 4.69) is 4.98 Å². The fraction of sp³-hybridized carbons (Fsp3) is 0.118. The topological polar surface area (TPSA) is 38.9 Å². The molecule has 2 N–H and O–H groups in total. The predicted octanol–water partition coefficient (Wildman–Crippen LogP) is 3.73. The first-order valence-electron chi connectivity index (χ1n) is 6.50. The summed E-state index contributed by atoms with van der Waals surface area (Å²) in [5, 5.41) is 2.09. The maximum absolute atomic E-state index is 13.6. The van der Waals surface area contributed by atoms with Crippen LogP contribution in [-0.4, -0.2) is 4.98 Å². The van der Waals surface area contributed by atoms with Crippen LogP contribution in [0.4, 0.5) is 4.39 Å². The molecule has 100 valence electrons.